The summed E-state index contributed by atoms with van der Waals surface area (Å²) < 4.78 is 0. The van der Waals surface area contributed by atoms with Gasteiger partial charge < -0.3 is 10.6 Å². The fraction of sp³-hybridized carbons (Fsp3) is 0.118. The molecule has 1 aromatic heterocycles. The lowest BCUT2D eigenvalue weighted by molar-refractivity contribution is 0.981. The lowest BCUT2D eigenvalue weighted by Crippen LogP contribution is -2.03. The largest absolute Gasteiger partial charge is 0.339 e. The van der Waals surface area contributed by atoms with Gasteiger partial charge in [-0.1, -0.05) is 29.3 Å². The van der Waals surface area contributed by atoms with E-state index in [0.29, 0.717) is 21.8 Å². The van der Waals surface area contributed by atoms with Crippen LogP contribution in [0.15, 0.2) is 42.6 Å². The lowest BCUT2D eigenvalue weighted by Gasteiger charge is -2.11. The standard InChI is InChI=1S/C17H15Cl2N5/c1-10-8-12(18)6-7-14(10)22-17-23-16(9-20-24-17)21-15-5-3-4-13(19)11(15)2/h3-9H,1-2H3,(H2,21,22,23,24). The average Bonchev–Trinajstić information content (AvgIpc) is 2.55. The zero-order chi connectivity index (χ0) is 17.1. The van der Waals surface area contributed by atoms with Crippen molar-refractivity contribution in [2.45, 2.75) is 13.8 Å². The Labute approximate surface area is 150 Å². The quantitative estimate of drug-likeness (QED) is 0.663. The molecule has 2 aromatic carbocycles. The van der Waals surface area contributed by atoms with Gasteiger partial charge >= 0.3 is 0 Å². The predicted molar refractivity (Wildman–Crippen MR) is 98.8 cm³/mol. The lowest BCUT2D eigenvalue weighted by atomic mass is 10.2. The number of rotatable bonds is 4. The van der Waals surface area contributed by atoms with Crippen molar-refractivity contribution >= 4 is 46.3 Å². The molecule has 2 N–H and O–H groups in total. The fourth-order valence-electron chi connectivity index (χ4n) is 2.19. The molecule has 0 amide bonds. The van der Waals surface area contributed by atoms with Crippen molar-refractivity contribution in [3.63, 3.8) is 0 Å². The van der Waals surface area contributed by atoms with E-state index in [4.69, 9.17) is 23.2 Å². The first-order chi connectivity index (χ1) is 11.5. The van der Waals surface area contributed by atoms with Crippen LogP contribution < -0.4 is 10.6 Å². The number of aromatic nitrogens is 3. The monoisotopic (exact) mass is 359 g/mol. The Morgan fingerprint density at radius 1 is 0.958 bits per heavy atom. The average molecular weight is 360 g/mol. The van der Waals surface area contributed by atoms with Crippen LogP contribution in [0.4, 0.5) is 23.1 Å². The summed E-state index contributed by atoms with van der Waals surface area (Å²) in [4.78, 5) is 4.43. The van der Waals surface area contributed by atoms with Gasteiger partial charge in [0.25, 0.3) is 0 Å². The van der Waals surface area contributed by atoms with Crippen molar-refractivity contribution in [2.24, 2.45) is 0 Å². The highest BCUT2D eigenvalue weighted by molar-refractivity contribution is 6.31. The third-order valence-electron chi connectivity index (χ3n) is 3.52. The number of hydrogen-bond acceptors (Lipinski definition) is 5. The van der Waals surface area contributed by atoms with Gasteiger partial charge in [-0.05, 0) is 55.3 Å². The summed E-state index contributed by atoms with van der Waals surface area (Å²) in [6.45, 7) is 3.90. The summed E-state index contributed by atoms with van der Waals surface area (Å²) in [5.74, 6) is 0.967. The highest BCUT2D eigenvalue weighted by Crippen LogP contribution is 2.26. The van der Waals surface area contributed by atoms with Gasteiger partial charge in [0.15, 0.2) is 5.82 Å². The third-order valence-corrected chi connectivity index (χ3v) is 4.17. The molecule has 0 aliphatic heterocycles. The van der Waals surface area contributed by atoms with Crippen molar-refractivity contribution in [3.05, 3.63) is 63.8 Å². The van der Waals surface area contributed by atoms with Gasteiger partial charge in [0.05, 0.1) is 6.20 Å². The summed E-state index contributed by atoms with van der Waals surface area (Å²) in [7, 11) is 0. The maximum Gasteiger partial charge on any atom is 0.249 e. The summed E-state index contributed by atoms with van der Waals surface area (Å²) >= 11 is 12.1. The van der Waals surface area contributed by atoms with E-state index in [-0.39, 0.29) is 0 Å². The molecule has 0 atom stereocenters. The highest BCUT2D eigenvalue weighted by Gasteiger charge is 2.07. The summed E-state index contributed by atoms with van der Waals surface area (Å²) in [5, 5.41) is 15.7. The number of halogens is 2. The van der Waals surface area contributed by atoms with Crippen LogP contribution in [0.1, 0.15) is 11.1 Å². The van der Waals surface area contributed by atoms with Crippen molar-refractivity contribution in [2.75, 3.05) is 10.6 Å². The van der Waals surface area contributed by atoms with Crippen LogP contribution in [0.25, 0.3) is 0 Å². The predicted octanol–water partition coefficient (Wildman–Crippen LogP) is 5.28. The summed E-state index contributed by atoms with van der Waals surface area (Å²) in [6, 6.07) is 11.2. The second-order valence-electron chi connectivity index (χ2n) is 5.29. The van der Waals surface area contributed by atoms with E-state index in [0.717, 1.165) is 22.5 Å². The zero-order valence-corrected chi connectivity index (χ0v) is 14.7. The minimum atomic E-state index is 0.394. The molecule has 0 saturated carbocycles. The van der Waals surface area contributed by atoms with E-state index >= 15 is 0 Å². The molecule has 0 aliphatic rings. The molecule has 5 nitrogen and oxygen atoms in total. The van der Waals surface area contributed by atoms with Crippen molar-refractivity contribution in [1.29, 1.82) is 0 Å². The molecule has 0 spiro atoms. The van der Waals surface area contributed by atoms with Gasteiger partial charge in [0.2, 0.25) is 5.95 Å². The van der Waals surface area contributed by atoms with Gasteiger partial charge in [-0.15, -0.1) is 5.10 Å². The normalized spacial score (nSPS) is 10.5. The van der Waals surface area contributed by atoms with Gasteiger partial charge in [-0.25, -0.2) is 0 Å². The van der Waals surface area contributed by atoms with Crippen LogP contribution in [-0.4, -0.2) is 15.2 Å². The first-order valence-electron chi connectivity index (χ1n) is 7.28. The number of hydrogen-bond donors (Lipinski definition) is 2. The van der Waals surface area contributed by atoms with E-state index in [1.165, 1.54) is 0 Å². The number of nitrogens with one attached hydrogen (secondary N) is 2. The second-order valence-corrected chi connectivity index (χ2v) is 6.13. The SMILES string of the molecule is Cc1cc(Cl)ccc1Nc1nncc(Nc2cccc(Cl)c2C)n1. The third kappa shape index (κ3) is 3.75. The molecule has 0 aliphatic carbocycles. The Kier molecular flexibility index (Phi) is 4.83. The van der Waals surface area contributed by atoms with Crippen molar-refractivity contribution in [3.8, 4) is 0 Å². The number of anilines is 4. The summed E-state index contributed by atoms with van der Waals surface area (Å²) in [5.41, 5.74) is 3.69. The Morgan fingerprint density at radius 3 is 2.58 bits per heavy atom. The summed E-state index contributed by atoms with van der Waals surface area (Å²) in [6.07, 6.45) is 1.56. The first-order valence-corrected chi connectivity index (χ1v) is 8.03. The Morgan fingerprint density at radius 2 is 1.79 bits per heavy atom. The molecule has 1 heterocycles. The number of nitrogens with zero attached hydrogens (tertiary/aromatic N) is 3. The Balaban J connectivity index is 1.82. The van der Waals surface area contributed by atoms with E-state index in [9.17, 15) is 0 Å². The van der Waals surface area contributed by atoms with Gasteiger partial charge in [0, 0.05) is 21.4 Å². The smallest absolute Gasteiger partial charge is 0.249 e. The zero-order valence-electron chi connectivity index (χ0n) is 13.1. The van der Waals surface area contributed by atoms with E-state index in [1.54, 1.807) is 6.20 Å². The van der Waals surface area contributed by atoms with Crippen LogP contribution in [0.5, 0.6) is 0 Å². The molecule has 3 aromatic rings. The van der Waals surface area contributed by atoms with E-state index < -0.39 is 0 Å². The molecule has 7 heteroatoms. The van der Waals surface area contributed by atoms with Gasteiger partial charge in [-0.2, -0.15) is 10.1 Å². The molecule has 0 radical (unpaired) electrons. The van der Waals surface area contributed by atoms with Crippen LogP contribution in [0.3, 0.4) is 0 Å². The van der Waals surface area contributed by atoms with Crippen molar-refractivity contribution in [1.82, 2.24) is 15.2 Å². The maximum atomic E-state index is 6.14. The molecule has 122 valence electrons. The van der Waals surface area contributed by atoms with Gasteiger partial charge in [0.1, 0.15) is 0 Å². The molecule has 0 saturated heterocycles. The van der Waals surface area contributed by atoms with Gasteiger partial charge in [-0.3, -0.25) is 0 Å². The maximum absolute atomic E-state index is 6.14. The highest BCUT2D eigenvalue weighted by atomic mass is 35.5. The topological polar surface area (TPSA) is 62.7 Å². The molecule has 3 rings (SSSR count). The molecule has 24 heavy (non-hydrogen) atoms. The Hall–Kier alpha value is -2.37. The minimum absolute atomic E-state index is 0.394. The minimum Gasteiger partial charge on any atom is -0.339 e. The van der Waals surface area contributed by atoms with Crippen LogP contribution in [-0.2, 0) is 0 Å². The molecule has 0 fully saturated rings. The van der Waals surface area contributed by atoms with Crippen LogP contribution in [0, 0.1) is 13.8 Å². The first kappa shape index (κ1) is 16.5. The number of aryl methyl sites for hydroxylation is 1. The second kappa shape index (κ2) is 7.03. The number of benzene rings is 2. The molecule has 0 unspecified atom stereocenters. The molecular weight excluding hydrogens is 345 g/mol. The fourth-order valence-corrected chi connectivity index (χ4v) is 2.59. The van der Waals surface area contributed by atoms with Crippen LogP contribution >= 0.6 is 23.2 Å². The molecule has 0 bridgehead atoms. The molecular formula is C17H15Cl2N5. The van der Waals surface area contributed by atoms with Crippen LogP contribution in [0.2, 0.25) is 10.0 Å². The van der Waals surface area contributed by atoms with E-state index in [2.05, 4.69) is 25.8 Å². The Bertz CT molecular complexity index is 883. The van der Waals surface area contributed by atoms with Crippen molar-refractivity contribution < 1.29 is 0 Å². The van der Waals surface area contributed by atoms with E-state index in [1.807, 2.05) is 50.2 Å².